The molecule has 0 aromatic rings. The van der Waals surface area contributed by atoms with Gasteiger partial charge in [0.1, 0.15) is 6.10 Å². The van der Waals surface area contributed by atoms with Gasteiger partial charge in [-0.2, -0.15) is 0 Å². The largest absolute Gasteiger partial charge is 0.394 e. The first kappa shape index (κ1) is 11.6. The van der Waals surface area contributed by atoms with Crippen molar-refractivity contribution in [3.8, 4) is 0 Å². The van der Waals surface area contributed by atoms with Crippen LogP contribution in [0.5, 0.6) is 0 Å². The van der Waals surface area contributed by atoms with Crippen LogP contribution in [-0.2, 0) is 9.47 Å². The number of aliphatic hydroxyl groups excluding tert-OH is 2. The molecule has 0 radical (unpaired) electrons. The highest BCUT2D eigenvalue weighted by Crippen LogP contribution is 1.92. The minimum atomic E-state index is -0.350. The van der Waals surface area contributed by atoms with E-state index < -0.39 is 0 Å². The van der Waals surface area contributed by atoms with Gasteiger partial charge < -0.3 is 19.7 Å². The summed E-state index contributed by atoms with van der Waals surface area (Å²) in [5, 5.41) is 17.2. The van der Waals surface area contributed by atoms with E-state index in [1.54, 1.807) is 6.08 Å². The van der Waals surface area contributed by atoms with Crippen LogP contribution in [0.15, 0.2) is 12.7 Å². The molecule has 2 N–H and O–H groups in total. The lowest BCUT2D eigenvalue weighted by Gasteiger charge is -2.13. The molecule has 4 nitrogen and oxygen atoms in total. The first-order chi connectivity index (χ1) is 5.85. The third kappa shape index (κ3) is 6.30. The second kappa shape index (κ2) is 8.67. The molecule has 0 fully saturated rings. The Labute approximate surface area is 72.4 Å². The lowest BCUT2D eigenvalue weighted by molar-refractivity contribution is -0.0466. The number of ether oxygens (including phenoxy) is 2. The Morgan fingerprint density at radius 2 is 2.17 bits per heavy atom. The molecule has 4 heteroatoms. The minimum Gasteiger partial charge on any atom is -0.394 e. The van der Waals surface area contributed by atoms with Crippen LogP contribution in [0.2, 0.25) is 0 Å². The average Bonchev–Trinajstić information content (AvgIpc) is 2.11. The fourth-order valence-electron chi connectivity index (χ4n) is 0.656. The highest BCUT2D eigenvalue weighted by molar-refractivity contribution is 4.65. The van der Waals surface area contributed by atoms with Gasteiger partial charge in [-0.15, -0.1) is 6.58 Å². The van der Waals surface area contributed by atoms with Gasteiger partial charge >= 0.3 is 0 Å². The van der Waals surface area contributed by atoms with Crippen molar-refractivity contribution in [2.45, 2.75) is 6.10 Å². The van der Waals surface area contributed by atoms with Crippen LogP contribution >= 0.6 is 0 Å². The van der Waals surface area contributed by atoms with Crippen LogP contribution in [0, 0.1) is 0 Å². The topological polar surface area (TPSA) is 58.9 Å². The molecule has 0 aromatic carbocycles. The summed E-state index contributed by atoms with van der Waals surface area (Å²) >= 11 is 0. The Morgan fingerprint density at radius 3 is 2.67 bits per heavy atom. The summed E-state index contributed by atoms with van der Waals surface area (Å²) in [4.78, 5) is 0. The molecule has 0 saturated carbocycles. The zero-order chi connectivity index (χ0) is 9.23. The number of hydrogen-bond acceptors (Lipinski definition) is 4. The molecule has 0 saturated heterocycles. The minimum absolute atomic E-state index is 0.0437. The van der Waals surface area contributed by atoms with Gasteiger partial charge in [-0.3, -0.25) is 0 Å². The van der Waals surface area contributed by atoms with Gasteiger partial charge in [-0.25, -0.2) is 0 Å². The van der Waals surface area contributed by atoms with Gasteiger partial charge in [0.15, 0.2) is 0 Å². The molecule has 0 aliphatic rings. The molecule has 0 aliphatic carbocycles. The summed E-state index contributed by atoms with van der Waals surface area (Å²) < 4.78 is 10.1. The van der Waals surface area contributed by atoms with E-state index in [1.165, 1.54) is 0 Å². The van der Waals surface area contributed by atoms with E-state index in [1.807, 2.05) is 0 Å². The van der Waals surface area contributed by atoms with E-state index in [0.717, 1.165) is 0 Å². The summed E-state index contributed by atoms with van der Waals surface area (Å²) in [5.74, 6) is 0. The maximum Gasteiger partial charge on any atom is 0.104 e. The van der Waals surface area contributed by atoms with E-state index in [9.17, 15) is 0 Å². The first-order valence-electron chi connectivity index (χ1n) is 3.87. The van der Waals surface area contributed by atoms with E-state index in [-0.39, 0.29) is 25.9 Å². The second-order valence-corrected chi connectivity index (χ2v) is 2.23. The normalized spacial score (nSPS) is 12.8. The molecule has 0 amide bonds. The number of rotatable bonds is 8. The molecule has 72 valence electrons. The van der Waals surface area contributed by atoms with Crippen LogP contribution in [0.4, 0.5) is 0 Å². The third-order valence-corrected chi connectivity index (χ3v) is 1.19. The average molecular weight is 176 g/mol. The number of aliphatic hydroxyl groups is 2. The molecule has 0 spiro atoms. The van der Waals surface area contributed by atoms with Crippen LogP contribution < -0.4 is 0 Å². The van der Waals surface area contributed by atoms with Crippen LogP contribution in [0.1, 0.15) is 0 Å². The SMILES string of the molecule is C=CCOCC(CO)OCCO. The van der Waals surface area contributed by atoms with Crippen LogP contribution in [0.3, 0.4) is 0 Å². The first-order valence-corrected chi connectivity index (χ1v) is 3.87. The van der Waals surface area contributed by atoms with Crippen LogP contribution in [-0.4, -0.2) is 49.4 Å². The van der Waals surface area contributed by atoms with Crippen molar-refractivity contribution in [1.82, 2.24) is 0 Å². The fraction of sp³-hybridized carbons (Fsp3) is 0.750. The molecular formula is C8H16O4. The lowest BCUT2D eigenvalue weighted by Crippen LogP contribution is -2.25. The van der Waals surface area contributed by atoms with E-state index in [2.05, 4.69) is 6.58 Å². The summed E-state index contributed by atoms with van der Waals surface area (Å²) in [7, 11) is 0. The van der Waals surface area contributed by atoms with Crippen molar-refractivity contribution >= 4 is 0 Å². The predicted molar refractivity (Wildman–Crippen MR) is 44.9 cm³/mol. The van der Waals surface area contributed by atoms with Gasteiger partial charge in [-0.05, 0) is 0 Å². The Balaban J connectivity index is 3.32. The van der Waals surface area contributed by atoms with Crippen molar-refractivity contribution in [3.05, 3.63) is 12.7 Å². The summed E-state index contributed by atoms with van der Waals surface area (Å²) in [5.41, 5.74) is 0. The smallest absolute Gasteiger partial charge is 0.104 e. The predicted octanol–water partition coefficient (Wildman–Crippen LogP) is -0.441. The van der Waals surface area contributed by atoms with E-state index in [4.69, 9.17) is 19.7 Å². The number of hydrogen-bond donors (Lipinski definition) is 2. The van der Waals surface area contributed by atoms with Gasteiger partial charge in [0.2, 0.25) is 0 Å². The Morgan fingerprint density at radius 1 is 1.42 bits per heavy atom. The Hall–Kier alpha value is -0.420. The highest BCUT2D eigenvalue weighted by atomic mass is 16.5. The van der Waals surface area contributed by atoms with Crippen molar-refractivity contribution in [3.63, 3.8) is 0 Å². The molecule has 0 aromatic heterocycles. The molecule has 0 rings (SSSR count). The van der Waals surface area contributed by atoms with Crippen molar-refractivity contribution in [1.29, 1.82) is 0 Å². The monoisotopic (exact) mass is 176 g/mol. The highest BCUT2D eigenvalue weighted by Gasteiger charge is 2.06. The lowest BCUT2D eigenvalue weighted by atomic mass is 10.4. The zero-order valence-electron chi connectivity index (χ0n) is 7.11. The van der Waals surface area contributed by atoms with E-state index >= 15 is 0 Å². The molecule has 1 unspecified atom stereocenters. The Kier molecular flexibility index (Phi) is 8.37. The molecule has 1 atom stereocenters. The van der Waals surface area contributed by atoms with Crippen molar-refractivity contribution in [2.24, 2.45) is 0 Å². The summed E-state index contributed by atoms with van der Waals surface area (Å²) in [6.07, 6.45) is 1.28. The van der Waals surface area contributed by atoms with Gasteiger partial charge in [0.25, 0.3) is 0 Å². The summed E-state index contributed by atoms with van der Waals surface area (Å²) in [6.45, 7) is 4.32. The maximum atomic E-state index is 8.74. The maximum absolute atomic E-state index is 8.74. The molecule has 0 aliphatic heterocycles. The van der Waals surface area contributed by atoms with Crippen LogP contribution in [0.25, 0.3) is 0 Å². The van der Waals surface area contributed by atoms with Gasteiger partial charge in [-0.1, -0.05) is 6.08 Å². The molecule has 12 heavy (non-hydrogen) atoms. The van der Waals surface area contributed by atoms with Gasteiger partial charge in [0, 0.05) is 0 Å². The van der Waals surface area contributed by atoms with E-state index in [0.29, 0.717) is 13.2 Å². The molecule has 0 bridgehead atoms. The quantitative estimate of drug-likeness (QED) is 0.389. The van der Waals surface area contributed by atoms with Crippen molar-refractivity contribution in [2.75, 3.05) is 33.0 Å². The standard InChI is InChI=1S/C8H16O4/c1-2-4-11-7-8(6-10)12-5-3-9/h2,8-10H,1,3-7H2. The second-order valence-electron chi connectivity index (χ2n) is 2.23. The molecule has 0 heterocycles. The summed E-state index contributed by atoms with van der Waals surface area (Å²) in [6, 6.07) is 0. The fourth-order valence-corrected chi connectivity index (χ4v) is 0.656. The molecular weight excluding hydrogens is 160 g/mol. The zero-order valence-corrected chi connectivity index (χ0v) is 7.11. The van der Waals surface area contributed by atoms with Crippen molar-refractivity contribution < 1.29 is 19.7 Å². The third-order valence-electron chi connectivity index (χ3n) is 1.19. The Bertz CT molecular complexity index is 105. The van der Waals surface area contributed by atoms with Gasteiger partial charge in [0.05, 0.1) is 33.0 Å².